The third kappa shape index (κ3) is 3.08. The van der Waals surface area contributed by atoms with E-state index in [-0.39, 0.29) is 5.91 Å². The maximum atomic E-state index is 12.0. The Morgan fingerprint density at radius 3 is 2.96 bits per heavy atom. The molecule has 118 valence electrons. The normalized spacial score (nSPS) is 14.3. The lowest BCUT2D eigenvalue weighted by Crippen LogP contribution is -2.26. The summed E-state index contributed by atoms with van der Waals surface area (Å²) in [5, 5.41) is 3.84. The second kappa shape index (κ2) is 6.60. The third-order valence-electron chi connectivity index (χ3n) is 3.95. The Morgan fingerprint density at radius 2 is 2.26 bits per heavy atom. The number of hydrogen-bond acceptors (Lipinski definition) is 3. The molecule has 1 aliphatic carbocycles. The minimum Gasteiger partial charge on any atom is -0.352 e. The van der Waals surface area contributed by atoms with Gasteiger partial charge in [-0.25, -0.2) is 4.98 Å². The van der Waals surface area contributed by atoms with Crippen LogP contribution in [0.1, 0.15) is 36.5 Å². The van der Waals surface area contributed by atoms with E-state index in [0.717, 1.165) is 41.4 Å². The number of hydrogen-bond donors (Lipinski definition) is 1. The molecule has 0 saturated carbocycles. The summed E-state index contributed by atoms with van der Waals surface area (Å²) in [6.45, 7) is 2.74. The smallest absolute Gasteiger partial charge is 0.247 e. The summed E-state index contributed by atoms with van der Waals surface area (Å²) in [6, 6.07) is 3.78. The largest absolute Gasteiger partial charge is 0.352 e. The Balaban J connectivity index is 1.86. The number of aromatic nitrogens is 2. The van der Waals surface area contributed by atoms with Crippen molar-refractivity contribution in [1.82, 2.24) is 14.9 Å². The maximum Gasteiger partial charge on any atom is 0.247 e. The van der Waals surface area contributed by atoms with Crippen LogP contribution < -0.4 is 5.32 Å². The summed E-state index contributed by atoms with van der Waals surface area (Å²) in [7, 11) is 0. The van der Waals surface area contributed by atoms with E-state index in [2.05, 4.69) is 10.3 Å². The van der Waals surface area contributed by atoms with Gasteiger partial charge in [-0.05, 0) is 37.5 Å². The fraction of sp³-hybridized carbons (Fsp3) is 0.278. The highest BCUT2D eigenvalue weighted by Gasteiger charge is 2.15. The Kier molecular flexibility index (Phi) is 4.37. The lowest BCUT2D eigenvalue weighted by atomic mass is 10.0. The Hall–Kier alpha value is -2.69. The van der Waals surface area contributed by atoms with Crippen molar-refractivity contribution in [3.8, 4) is 0 Å². The number of carbonyl (C=O) groups is 2. The van der Waals surface area contributed by atoms with Crippen molar-refractivity contribution in [3.63, 3.8) is 0 Å². The van der Waals surface area contributed by atoms with Gasteiger partial charge >= 0.3 is 0 Å². The summed E-state index contributed by atoms with van der Waals surface area (Å²) in [4.78, 5) is 27.2. The molecule has 1 N–H and O–H groups in total. The molecule has 0 atom stereocenters. The molecule has 0 saturated heterocycles. The molecule has 2 aromatic rings. The predicted octanol–water partition coefficient (Wildman–Crippen LogP) is 2.94. The maximum absolute atomic E-state index is 12.0. The monoisotopic (exact) mass is 309 g/mol. The topological polar surface area (TPSA) is 64.0 Å². The Morgan fingerprint density at radius 1 is 1.39 bits per heavy atom. The first kappa shape index (κ1) is 15.2. The van der Waals surface area contributed by atoms with E-state index in [1.165, 1.54) is 0 Å². The summed E-state index contributed by atoms with van der Waals surface area (Å²) < 4.78 is 2.02. The average molecular weight is 309 g/mol. The molecule has 1 amide bonds. The standard InChI is InChI=1S/C18H19N3O2/c1-2-8-19-18(23)14-3-5-16(6-4-14)21-9-7-15-10-13(12-22)11-20-17(15)21/h3,5,7,9-12H,2,4,6,8H2,1H3,(H,19,23). The van der Waals surface area contributed by atoms with E-state index in [0.29, 0.717) is 18.5 Å². The van der Waals surface area contributed by atoms with E-state index in [9.17, 15) is 9.59 Å². The minimum atomic E-state index is 0.0215. The highest BCUT2D eigenvalue weighted by Crippen LogP contribution is 2.26. The number of aldehydes is 1. The zero-order valence-electron chi connectivity index (χ0n) is 13.1. The van der Waals surface area contributed by atoms with E-state index < -0.39 is 0 Å². The molecule has 0 unspecified atom stereocenters. The van der Waals surface area contributed by atoms with Crippen LogP contribution >= 0.6 is 0 Å². The Labute approximate surface area is 134 Å². The number of nitrogens with one attached hydrogen (secondary N) is 1. The highest BCUT2D eigenvalue weighted by atomic mass is 16.1. The van der Waals surface area contributed by atoms with Crippen molar-refractivity contribution >= 4 is 28.9 Å². The van der Waals surface area contributed by atoms with Gasteiger partial charge in [-0.1, -0.05) is 13.0 Å². The molecule has 0 spiro atoms. The van der Waals surface area contributed by atoms with Crippen LogP contribution in [0.25, 0.3) is 16.7 Å². The van der Waals surface area contributed by atoms with Gasteiger partial charge in [-0.2, -0.15) is 0 Å². The molecule has 1 aliphatic rings. The zero-order valence-corrected chi connectivity index (χ0v) is 13.1. The first-order valence-electron chi connectivity index (χ1n) is 7.83. The first-order chi connectivity index (χ1) is 11.2. The summed E-state index contributed by atoms with van der Waals surface area (Å²) in [5.41, 5.74) is 3.31. The van der Waals surface area contributed by atoms with Crippen LogP contribution in [0.5, 0.6) is 0 Å². The number of amides is 1. The molecule has 23 heavy (non-hydrogen) atoms. The molecule has 0 fully saturated rings. The van der Waals surface area contributed by atoms with E-state index >= 15 is 0 Å². The van der Waals surface area contributed by atoms with Crippen LogP contribution in [0, 0.1) is 0 Å². The van der Waals surface area contributed by atoms with Gasteiger partial charge in [0.25, 0.3) is 0 Å². The number of rotatable bonds is 5. The van der Waals surface area contributed by atoms with Crippen LogP contribution in [-0.2, 0) is 4.79 Å². The van der Waals surface area contributed by atoms with Gasteiger partial charge in [0.1, 0.15) is 5.65 Å². The highest BCUT2D eigenvalue weighted by molar-refractivity contribution is 5.95. The van der Waals surface area contributed by atoms with Crippen molar-refractivity contribution in [2.24, 2.45) is 0 Å². The molecule has 2 heterocycles. The predicted molar refractivity (Wildman–Crippen MR) is 90.0 cm³/mol. The van der Waals surface area contributed by atoms with Crippen LogP contribution in [0.15, 0.2) is 42.3 Å². The summed E-state index contributed by atoms with van der Waals surface area (Å²) >= 11 is 0. The number of nitrogens with zero attached hydrogens (tertiary/aromatic N) is 2. The lowest BCUT2D eigenvalue weighted by molar-refractivity contribution is -0.117. The van der Waals surface area contributed by atoms with Crippen molar-refractivity contribution in [2.75, 3.05) is 6.54 Å². The van der Waals surface area contributed by atoms with Gasteiger partial charge in [0.15, 0.2) is 6.29 Å². The fourth-order valence-corrected chi connectivity index (χ4v) is 2.71. The van der Waals surface area contributed by atoms with Gasteiger partial charge in [-0.3, -0.25) is 9.59 Å². The summed E-state index contributed by atoms with van der Waals surface area (Å²) in [5.74, 6) is 0.0215. The molecule has 0 bridgehead atoms. The van der Waals surface area contributed by atoms with Crippen LogP contribution in [0.3, 0.4) is 0 Å². The molecule has 5 heteroatoms. The van der Waals surface area contributed by atoms with Crippen molar-refractivity contribution in [2.45, 2.75) is 26.2 Å². The summed E-state index contributed by atoms with van der Waals surface area (Å²) in [6.07, 6.45) is 10.6. The lowest BCUT2D eigenvalue weighted by Gasteiger charge is -2.16. The van der Waals surface area contributed by atoms with Gasteiger partial charge in [-0.15, -0.1) is 0 Å². The van der Waals surface area contributed by atoms with Crippen molar-refractivity contribution < 1.29 is 9.59 Å². The number of carbonyl (C=O) groups excluding carboxylic acids is 2. The minimum absolute atomic E-state index is 0.0215. The van der Waals surface area contributed by atoms with Crippen LogP contribution in [0.4, 0.5) is 0 Å². The SMILES string of the molecule is CCCNC(=O)C1=CC=C(n2ccc3cc(C=O)cnc32)CC1. The van der Waals surface area contributed by atoms with Gasteiger partial charge in [0, 0.05) is 41.2 Å². The molecule has 5 nitrogen and oxygen atoms in total. The van der Waals surface area contributed by atoms with Gasteiger partial charge < -0.3 is 9.88 Å². The van der Waals surface area contributed by atoms with Crippen molar-refractivity contribution in [1.29, 1.82) is 0 Å². The average Bonchev–Trinajstić information content (AvgIpc) is 3.02. The second-order valence-corrected chi connectivity index (χ2v) is 5.59. The molecule has 0 aliphatic heterocycles. The molecule has 3 rings (SSSR count). The second-order valence-electron chi connectivity index (χ2n) is 5.59. The van der Waals surface area contributed by atoms with Crippen LogP contribution in [-0.4, -0.2) is 28.3 Å². The van der Waals surface area contributed by atoms with E-state index in [1.807, 2.05) is 42.0 Å². The number of fused-ring (bicyclic) bond motifs is 1. The number of allylic oxidation sites excluding steroid dienone is 3. The first-order valence-corrected chi connectivity index (χ1v) is 7.83. The van der Waals surface area contributed by atoms with Gasteiger partial charge in [0.05, 0.1) is 0 Å². The molecule has 0 aromatic carbocycles. The van der Waals surface area contributed by atoms with Crippen LogP contribution in [0.2, 0.25) is 0 Å². The molecular formula is C18H19N3O2. The molecule has 2 aromatic heterocycles. The quantitative estimate of drug-likeness (QED) is 0.864. The fourth-order valence-electron chi connectivity index (χ4n) is 2.71. The van der Waals surface area contributed by atoms with E-state index in [4.69, 9.17) is 0 Å². The zero-order chi connectivity index (χ0) is 16.2. The van der Waals surface area contributed by atoms with Gasteiger partial charge in [0.2, 0.25) is 5.91 Å². The third-order valence-corrected chi connectivity index (χ3v) is 3.95. The number of pyridine rings is 1. The molecular weight excluding hydrogens is 290 g/mol. The van der Waals surface area contributed by atoms with E-state index in [1.54, 1.807) is 6.20 Å². The molecule has 0 radical (unpaired) electrons. The Bertz CT molecular complexity index is 815. The van der Waals surface area contributed by atoms with Crippen molar-refractivity contribution in [3.05, 3.63) is 47.8 Å².